The predicted molar refractivity (Wildman–Crippen MR) is 109 cm³/mol. The molecule has 27 heavy (non-hydrogen) atoms. The highest BCUT2D eigenvalue weighted by atomic mass is 16.5. The molecule has 0 radical (unpaired) electrons. The molecule has 1 heterocycles. The van der Waals surface area contributed by atoms with Gasteiger partial charge in [-0.15, -0.1) is 0 Å². The standard InChI is InChI=1S/C22H29N3O2/c1-17(19-7-5-4-6-8-19)23-22(26)18(2)24-13-15-25(16-14-24)20-9-11-21(27-3)12-10-20/h4-12,17-18H,13-16H2,1-3H3,(H,23,26)/t17-,18+/m0/s1. The summed E-state index contributed by atoms with van der Waals surface area (Å²) in [5, 5.41) is 3.14. The maximum absolute atomic E-state index is 12.7. The summed E-state index contributed by atoms with van der Waals surface area (Å²) in [5.41, 5.74) is 2.33. The Morgan fingerprint density at radius 3 is 2.19 bits per heavy atom. The normalized spacial score (nSPS) is 17.2. The first-order chi connectivity index (χ1) is 13.1. The van der Waals surface area contributed by atoms with Gasteiger partial charge in [0, 0.05) is 31.9 Å². The van der Waals surface area contributed by atoms with Crippen LogP contribution in [0.15, 0.2) is 54.6 Å². The van der Waals surface area contributed by atoms with Crippen molar-refractivity contribution in [2.75, 3.05) is 38.2 Å². The molecular weight excluding hydrogens is 338 g/mol. The third-order valence-corrected chi connectivity index (χ3v) is 5.34. The van der Waals surface area contributed by atoms with Gasteiger partial charge in [0.15, 0.2) is 0 Å². The van der Waals surface area contributed by atoms with Gasteiger partial charge in [-0.1, -0.05) is 30.3 Å². The lowest BCUT2D eigenvalue weighted by Crippen LogP contribution is -2.54. The van der Waals surface area contributed by atoms with Crippen molar-refractivity contribution in [3.05, 3.63) is 60.2 Å². The van der Waals surface area contributed by atoms with Crippen LogP contribution in [0.3, 0.4) is 0 Å². The molecule has 1 N–H and O–H groups in total. The lowest BCUT2D eigenvalue weighted by Gasteiger charge is -2.38. The van der Waals surface area contributed by atoms with Gasteiger partial charge in [-0.2, -0.15) is 0 Å². The monoisotopic (exact) mass is 367 g/mol. The highest BCUT2D eigenvalue weighted by Gasteiger charge is 2.26. The number of carbonyl (C=O) groups is 1. The molecule has 1 aliphatic heterocycles. The van der Waals surface area contributed by atoms with Gasteiger partial charge >= 0.3 is 0 Å². The number of hydrogen-bond donors (Lipinski definition) is 1. The van der Waals surface area contributed by atoms with E-state index in [9.17, 15) is 4.79 Å². The molecule has 1 fully saturated rings. The Labute approximate surface area is 161 Å². The second kappa shape index (κ2) is 8.91. The van der Waals surface area contributed by atoms with Crippen LogP contribution >= 0.6 is 0 Å². The van der Waals surface area contributed by atoms with E-state index in [-0.39, 0.29) is 18.0 Å². The summed E-state index contributed by atoms with van der Waals surface area (Å²) in [6.45, 7) is 7.61. The maximum Gasteiger partial charge on any atom is 0.237 e. The quantitative estimate of drug-likeness (QED) is 0.852. The number of nitrogens with zero attached hydrogens (tertiary/aromatic N) is 2. The number of benzene rings is 2. The van der Waals surface area contributed by atoms with Crippen LogP contribution in [0, 0.1) is 0 Å². The molecule has 0 aliphatic carbocycles. The molecule has 1 amide bonds. The van der Waals surface area contributed by atoms with Crippen molar-refractivity contribution in [2.24, 2.45) is 0 Å². The summed E-state index contributed by atoms with van der Waals surface area (Å²) in [4.78, 5) is 17.3. The van der Waals surface area contributed by atoms with E-state index in [4.69, 9.17) is 4.74 Å². The Hall–Kier alpha value is -2.53. The van der Waals surface area contributed by atoms with Gasteiger partial charge in [0.05, 0.1) is 19.2 Å². The zero-order valence-electron chi connectivity index (χ0n) is 16.4. The lowest BCUT2D eigenvalue weighted by atomic mass is 10.1. The Bertz CT molecular complexity index is 725. The molecule has 0 unspecified atom stereocenters. The number of ether oxygens (including phenoxy) is 1. The van der Waals surface area contributed by atoms with E-state index in [2.05, 4.69) is 27.2 Å². The van der Waals surface area contributed by atoms with Gasteiger partial charge in [0.1, 0.15) is 5.75 Å². The van der Waals surface area contributed by atoms with Gasteiger partial charge < -0.3 is 15.0 Å². The minimum absolute atomic E-state index is 0.0155. The molecule has 0 aromatic heterocycles. The molecule has 5 nitrogen and oxygen atoms in total. The lowest BCUT2D eigenvalue weighted by molar-refractivity contribution is -0.126. The number of nitrogens with one attached hydrogen (secondary N) is 1. The van der Waals surface area contributed by atoms with Crippen molar-refractivity contribution in [2.45, 2.75) is 25.9 Å². The summed E-state index contributed by atoms with van der Waals surface area (Å²) >= 11 is 0. The van der Waals surface area contributed by atoms with Gasteiger partial charge in [0.25, 0.3) is 0 Å². The van der Waals surface area contributed by atoms with Crippen molar-refractivity contribution in [1.82, 2.24) is 10.2 Å². The number of amides is 1. The minimum atomic E-state index is -0.130. The first kappa shape index (κ1) is 19.2. The molecule has 0 bridgehead atoms. The number of piperazine rings is 1. The highest BCUT2D eigenvalue weighted by molar-refractivity contribution is 5.81. The van der Waals surface area contributed by atoms with E-state index < -0.39 is 0 Å². The fourth-order valence-electron chi connectivity index (χ4n) is 3.49. The highest BCUT2D eigenvalue weighted by Crippen LogP contribution is 2.21. The minimum Gasteiger partial charge on any atom is -0.497 e. The number of anilines is 1. The third kappa shape index (κ3) is 4.80. The van der Waals surface area contributed by atoms with Crippen LogP contribution < -0.4 is 15.0 Å². The van der Waals surface area contributed by atoms with Crippen molar-refractivity contribution in [3.8, 4) is 5.75 Å². The molecule has 2 aromatic carbocycles. The Kier molecular flexibility index (Phi) is 6.35. The zero-order valence-corrected chi connectivity index (χ0v) is 16.4. The first-order valence-corrected chi connectivity index (χ1v) is 9.57. The molecule has 2 aromatic rings. The van der Waals surface area contributed by atoms with E-state index in [0.29, 0.717) is 0 Å². The van der Waals surface area contributed by atoms with E-state index in [0.717, 1.165) is 37.5 Å². The zero-order chi connectivity index (χ0) is 19.2. The van der Waals surface area contributed by atoms with Crippen LogP contribution in [-0.4, -0.2) is 50.1 Å². The molecule has 1 saturated heterocycles. The van der Waals surface area contributed by atoms with Crippen LogP contribution in [0.4, 0.5) is 5.69 Å². The topological polar surface area (TPSA) is 44.8 Å². The predicted octanol–water partition coefficient (Wildman–Crippen LogP) is 3.08. The average molecular weight is 367 g/mol. The summed E-state index contributed by atoms with van der Waals surface area (Å²) in [6, 6.07) is 18.1. The van der Waals surface area contributed by atoms with Crippen LogP contribution in [0.5, 0.6) is 5.75 Å². The van der Waals surface area contributed by atoms with E-state index in [1.165, 1.54) is 5.69 Å². The number of methoxy groups -OCH3 is 1. The summed E-state index contributed by atoms with van der Waals surface area (Å²) in [7, 11) is 1.68. The van der Waals surface area contributed by atoms with Crippen LogP contribution in [-0.2, 0) is 4.79 Å². The largest absolute Gasteiger partial charge is 0.497 e. The van der Waals surface area contributed by atoms with Gasteiger partial charge in [-0.3, -0.25) is 9.69 Å². The second-order valence-electron chi connectivity index (χ2n) is 7.04. The van der Waals surface area contributed by atoms with Crippen LogP contribution in [0.1, 0.15) is 25.5 Å². The molecule has 2 atom stereocenters. The van der Waals surface area contributed by atoms with Gasteiger partial charge in [-0.05, 0) is 43.7 Å². The Morgan fingerprint density at radius 1 is 0.963 bits per heavy atom. The van der Waals surface area contributed by atoms with E-state index in [1.54, 1.807) is 7.11 Å². The number of carbonyl (C=O) groups excluding carboxylic acids is 1. The van der Waals surface area contributed by atoms with E-state index >= 15 is 0 Å². The first-order valence-electron chi connectivity index (χ1n) is 9.57. The fraction of sp³-hybridized carbons (Fsp3) is 0.409. The van der Waals surface area contributed by atoms with Gasteiger partial charge in [0.2, 0.25) is 5.91 Å². The molecule has 0 spiro atoms. The maximum atomic E-state index is 12.7. The summed E-state index contributed by atoms with van der Waals surface area (Å²) in [5.74, 6) is 0.958. The molecular formula is C22H29N3O2. The molecule has 1 aliphatic rings. The average Bonchev–Trinajstić information content (AvgIpc) is 2.74. The van der Waals surface area contributed by atoms with E-state index in [1.807, 2.05) is 56.3 Å². The molecule has 144 valence electrons. The second-order valence-corrected chi connectivity index (χ2v) is 7.04. The van der Waals surface area contributed by atoms with Gasteiger partial charge in [-0.25, -0.2) is 0 Å². The summed E-state index contributed by atoms with van der Waals surface area (Å²) in [6.07, 6.45) is 0. The van der Waals surface area contributed by atoms with Crippen molar-refractivity contribution in [3.63, 3.8) is 0 Å². The van der Waals surface area contributed by atoms with Crippen molar-refractivity contribution >= 4 is 11.6 Å². The van der Waals surface area contributed by atoms with Crippen molar-refractivity contribution < 1.29 is 9.53 Å². The fourth-order valence-corrected chi connectivity index (χ4v) is 3.49. The molecule has 0 saturated carbocycles. The van der Waals surface area contributed by atoms with Crippen LogP contribution in [0.2, 0.25) is 0 Å². The van der Waals surface area contributed by atoms with Crippen LogP contribution in [0.25, 0.3) is 0 Å². The smallest absolute Gasteiger partial charge is 0.237 e. The molecule has 5 heteroatoms. The Morgan fingerprint density at radius 2 is 1.59 bits per heavy atom. The van der Waals surface area contributed by atoms with Crippen molar-refractivity contribution in [1.29, 1.82) is 0 Å². The Balaban J connectivity index is 1.51. The SMILES string of the molecule is COc1ccc(N2CCN([C@H](C)C(=O)N[C@@H](C)c3ccccc3)CC2)cc1. The number of hydrogen-bond acceptors (Lipinski definition) is 4. The number of rotatable bonds is 6. The third-order valence-electron chi connectivity index (χ3n) is 5.34. The molecule has 3 rings (SSSR count). The summed E-state index contributed by atoms with van der Waals surface area (Å²) < 4.78 is 5.22.